The van der Waals surface area contributed by atoms with Gasteiger partial charge in [0.05, 0.1) is 19.3 Å². The quantitative estimate of drug-likeness (QED) is 0.468. The van der Waals surface area contributed by atoms with Crippen LogP contribution in [0, 0.1) is 5.82 Å². The molecule has 0 bridgehead atoms. The lowest BCUT2D eigenvalue weighted by molar-refractivity contribution is 0.0938. The summed E-state index contributed by atoms with van der Waals surface area (Å²) in [7, 11) is 3.00. The number of carbonyl (C=O) groups excluding carboxylic acids is 2. The fourth-order valence-corrected chi connectivity index (χ4v) is 3.12. The molecule has 0 fully saturated rings. The Morgan fingerprint density at radius 1 is 1.17 bits per heavy atom. The van der Waals surface area contributed by atoms with Crippen molar-refractivity contribution in [3.8, 4) is 5.75 Å². The molecule has 1 amide bonds. The van der Waals surface area contributed by atoms with Crippen molar-refractivity contribution in [2.24, 2.45) is 0 Å². The molecule has 2 aromatic carbocycles. The second-order valence-electron chi connectivity index (χ2n) is 6.46. The van der Waals surface area contributed by atoms with Gasteiger partial charge in [-0.15, -0.1) is 0 Å². The molecule has 6 nitrogen and oxygen atoms in total. The molecule has 0 aliphatic heterocycles. The number of methoxy groups -OCH3 is 2. The molecule has 7 heteroatoms. The Hall–Kier alpha value is -3.32. The van der Waals surface area contributed by atoms with Crippen LogP contribution in [0.4, 0.5) is 4.39 Å². The Balaban J connectivity index is 2.07. The molecule has 29 heavy (non-hydrogen) atoms. The predicted octanol–water partition coefficient (Wildman–Crippen LogP) is 3.16. The molecule has 3 rings (SSSR count). The molecule has 0 radical (unpaired) electrons. The maximum atomic E-state index is 13.1. The number of amides is 1. The molecular formula is C22H21FN2O4. The number of aromatic nitrogens is 1. The van der Waals surface area contributed by atoms with E-state index < -0.39 is 0 Å². The van der Waals surface area contributed by atoms with Gasteiger partial charge in [0.1, 0.15) is 11.3 Å². The number of halogens is 1. The second kappa shape index (κ2) is 9.25. The van der Waals surface area contributed by atoms with Crippen LogP contribution < -0.4 is 10.1 Å². The summed E-state index contributed by atoms with van der Waals surface area (Å²) in [6.45, 7) is 0.705. The highest BCUT2D eigenvalue weighted by Gasteiger charge is 2.18. The van der Waals surface area contributed by atoms with Crippen LogP contribution in [0.3, 0.4) is 0 Å². The average molecular weight is 396 g/mol. The van der Waals surface area contributed by atoms with Gasteiger partial charge >= 0.3 is 0 Å². The van der Waals surface area contributed by atoms with Gasteiger partial charge in [-0.25, -0.2) is 4.39 Å². The Kier molecular flexibility index (Phi) is 6.51. The predicted molar refractivity (Wildman–Crippen MR) is 107 cm³/mol. The Labute approximate surface area is 167 Å². The van der Waals surface area contributed by atoms with Crippen LogP contribution in [0.15, 0.2) is 42.6 Å². The number of hydrogen-bond donors (Lipinski definition) is 1. The minimum Gasteiger partial charge on any atom is -0.494 e. The first kappa shape index (κ1) is 20.4. The van der Waals surface area contributed by atoms with E-state index >= 15 is 0 Å². The summed E-state index contributed by atoms with van der Waals surface area (Å²) >= 11 is 0. The Bertz CT molecular complexity index is 1040. The zero-order valence-corrected chi connectivity index (χ0v) is 16.2. The van der Waals surface area contributed by atoms with Gasteiger partial charge in [-0.3, -0.25) is 14.6 Å². The molecular weight excluding hydrogens is 375 g/mol. The van der Waals surface area contributed by atoms with Crippen molar-refractivity contribution in [3.05, 3.63) is 70.7 Å². The normalized spacial score (nSPS) is 10.7. The van der Waals surface area contributed by atoms with Gasteiger partial charge < -0.3 is 14.8 Å². The molecule has 1 aromatic heterocycles. The maximum absolute atomic E-state index is 13.1. The Morgan fingerprint density at radius 3 is 2.59 bits per heavy atom. The highest BCUT2D eigenvalue weighted by atomic mass is 19.1. The van der Waals surface area contributed by atoms with Gasteiger partial charge in [-0.1, -0.05) is 12.1 Å². The van der Waals surface area contributed by atoms with E-state index in [1.807, 2.05) is 6.07 Å². The molecule has 0 saturated carbocycles. The Morgan fingerprint density at radius 2 is 1.93 bits per heavy atom. The third-order valence-corrected chi connectivity index (χ3v) is 4.50. The van der Waals surface area contributed by atoms with Crippen LogP contribution in [0.2, 0.25) is 0 Å². The molecule has 0 saturated heterocycles. The number of nitrogens with one attached hydrogen (secondary N) is 1. The summed E-state index contributed by atoms with van der Waals surface area (Å²) in [5.41, 5.74) is 2.76. The van der Waals surface area contributed by atoms with Crippen molar-refractivity contribution in [2.75, 3.05) is 27.4 Å². The molecule has 1 heterocycles. The lowest BCUT2D eigenvalue weighted by Gasteiger charge is -2.14. The molecule has 150 valence electrons. The van der Waals surface area contributed by atoms with Crippen LogP contribution in [0.25, 0.3) is 10.9 Å². The summed E-state index contributed by atoms with van der Waals surface area (Å²) in [5.74, 6) is -0.318. The van der Waals surface area contributed by atoms with Gasteiger partial charge in [0, 0.05) is 30.8 Å². The van der Waals surface area contributed by atoms with Gasteiger partial charge in [0.15, 0.2) is 12.0 Å². The average Bonchev–Trinajstić information content (AvgIpc) is 2.74. The van der Waals surface area contributed by atoms with Gasteiger partial charge in [0.2, 0.25) is 0 Å². The number of carbonyl (C=O) groups is 2. The monoisotopic (exact) mass is 396 g/mol. The van der Waals surface area contributed by atoms with Crippen molar-refractivity contribution in [1.29, 1.82) is 0 Å². The van der Waals surface area contributed by atoms with E-state index in [2.05, 4.69) is 10.3 Å². The first-order valence-corrected chi connectivity index (χ1v) is 9.03. The fraction of sp³-hybridized carbons (Fsp3) is 0.227. The van der Waals surface area contributed by atoms with Gasteiger partial charge in [-0.05, 0) is 41.8 Å². The molecule has 0 aliphatic carbocycles. The number of fused-ring (bicyclic) bond motifs is 1. The highest BCUT2D eigenvalue weighted by molar-refractivity contribution is 6.10. The van der Waals surface area contributed by atoms with E-state index in [1.165, 1.54) is 25.3 Å². The molecule has 1 N–H and O–H groups in total. The summed E-state index contributed by atoms with van der Waals surface area (Å²) in [6.07, 6.45) is 2.82. The lowest BCUT2D eigenvalue weighted by Crippen LogP contribution is -2.27. The van der Waals surface area contributed by atoms with Crippen LogP contribution in [-0.2, 0) is 11.2 Å². The summed E-state index contributed by atoms with van der Waals surface area (Å²) in [6, 6.07) is 9.55. The van der Waals surface area contributed by atoms with Crippen molar-refractivity contribution >= 4 is 23.1 Å². The number of aldehydes is 1. The zero-order chi connectivity index (χ0) is 20.8. The first-order valence-electron chi connectivity index (χ1n) is 9.03. The van der Waals surface area contributed by atoms with E-state index in [0.717, 1.165) is 11.1 Å². The number of benzene rings is 2. The number of rotatable bonds is 8. The molecule has 0 unspecified atom stereocenters. The molecule has 0 spiro atoms. The van der Waals surface area contributed by atoms with E-state index in [4.69, 9.17) is 9.47 Å². The van der Waals surface area contributed by atoms with Crippen molar-refractivity contribution in [3.63, 3.8) is 0 Å². The van der Waals surface area contributed by atoms with Crippen LogP contribution in [0.5, 0.6) is 5.75 Å². The number of ether oxygens (including phenoxy) is 2. The fourth-order valence-electron chi connectivity index (χ4n) is 3.12. The minimum atomic E-state index is -0.335. The largest absolute Gasteiger partial charge is 0.494 e. The van der Waals surface area contributed by atoms with E-state index in [-0.39, 0.29) is 17.3 Å². The SMILES string of the molecule is COCCNC(=O)c1cc(C=O)c(OC)c2ncc(Cc3ccc(F)cc3)cc12. The third kappa shape index (κ3) is 4.57. The standard InChI is InChI=1S/C22H21FN2O4/c1-28-8-7-24-22(27)19-11-16(13-26)21(29-2)20-18(19)10-15(12-25-20)9-14-3-5-17(23)6-4-14/h3-6,10-13H,7-9H2,1-2H3,(H,24,27). The maximum Gasteiger partial charge on any atom is 0.252 e. The summed E-state index contributed by atoms with van der Waals surface area (Å²) in [5, 5.41) is 3.34. The van der Waals surface area contributed by atoms with Crippen molar-refractivity contribution < 1.29 is 23.5 Å². The highest BCUT2D eigenvalue weighted by Crippen LogP contribution is 2.31. The topological polar surface area (TPSA) is 77.5 Å². The van der Waals surface area contributed by atoms with Crippen molar-refractivity contribution in [1.82, 2.24) is 10.3 Å². The molecule has 3 aromatic rings. The number of pyridine rings is 1. The van der Waals surface area contributed by atoms with Crippen LogP contribution in [-0.4, -0.2) is 44.5 Å². The van der Waals surface area contributed by atoms with E-state index in [9.17, 15) is 14.0 Å². The summed E-state index contributed by atoms with van der Waals surface area (Å²) < 4.78 is 23.5. The third-order valence-electron chi connectivity index (χ3n) is 4.50. The molecule has 0 aliphatic rings. The summed E-state index contributed by atoms with van der Waals surface area (Å²) in [4.78, 5) is 28.7. The second-order valence-corrected chi connectivity index (χ2v) is 6.46. The molecule has 0 atom stereocenters. The minimum absolute atomic E-state index is 0.246. The lowest BCUT2D eigenvalue weighted by atomic mass is 9.99. The van der Waals surface area contributed by atoms with Gasteiger partial charge in [-0.2, -0.15) is 0 Å². The smallest absolute Gasteiger partial charge is 0.252 e. The zero-order valence-electron chi connectivity index (χ0n) is 16.2. The van der Waals surface area contributed by atoms with E-state index in [0.29, 0.717) is 48.1 Å². The number of nitrogens with zero attached hydrogens (tertiary/aromatic N) is 1. The van der Waals surface area contributed by atoms with Crippen LogP contribution in [0.1, 0.15) is 31.8 Å². The van der Waals surface area contributed by atoms with Crippen molar-refractivity contribution in [2.45, 2.75) is 6.42 Å². The number of hydrogen-bond acceptors (Lipinski definition) is 5. The first-order chi connectivity index (χ1) is 14.1. The van der Waals surface area contributed by atoms with Crippen LogP contribution >= 0.6 is 0 Å². The van der Waals surface area contributed by atoms with Gasteiger partial charge in [0.25, 0.3) is 5.91 Å². The van der Waals surface area contributed by atoms with E-state index in [1.54, 1.807) is 25.4 Å².